The zero-order valence-electron chi connectivity index (χ0n) is 12.0. The lowest BCUT2D eigenvalue weighted by Crippen LogP contribution is -2.29. The van der Waals surface area contributed by atoms with Gasteiger partial charge in [0.2, 0.25) is 15.9 Å². The maximum Gasteiger partial charge on any atom is 0.309 e. The van der Waals surface area contributed by atoms with Crippen LogP contribution in [0.5, 0.6) is 0 Å². The topological polar surface area (TPSA) is 127 Å². The Balaban J connectivity index is 2.98. The molecule has 0 fully saturated rings. The smallest absolute Gasteiger partial charge is 0.309 e. The number of aryl methyl sites for hydroxylation is 1. The summed E-state index contributed by atoms with van der Waals surface area (Å²) in [6, 6.07) is 4.09. The van der Waals surface area contributed by atoms with Crippen LogP contribution < -0.4 is 10.5 Å². The molecule has 0 heterocycles. The fourth-order valence-corrected chi connectivity index (χ4v) is 2.12. The van der Waals surface area contributed by atoms with Crippen LogP contribution in [-0.4, -0.2) is 25.4 Å². The molecule has 1 aromatic carbocycles. The van der Waals surface area contributed by atoms with Gasteiger partial charge in [0.25, 0.3) is 0 Å². The molecule has 8 heteroatoms. The van der Waals surface area contributed by atoms with Gasteiger partial charge in [0.15, 0.2) is 0 Å². The number of primary sulfonamides is 1. The van der Waals surface area contributed by atoms with Gasteiger partial charge in [0, 0.05) is 12.1 Å². The molecular weight excluding hydrogens is 296 g/mol. The number of benzene rings is 1. The van der Waals surface area contributed by atoms with E-state index in [2.05, 4.69) is 5.32 Å². The summed E-state index contributed by atoms with van der Waals surface area (Å²) in [6.07, 6.45) is -0.235. The van der Waals surface area contributed by atoms with Crippen molar-refractivity contribution in [2.45, 2.75) is 32.1 Å². The normalized spacial score (nSPS) is 12.0. The van der Waals surface area contributed by atoms with Crippen molar-refractivity contribution < 1.29 is 23.1 Å². The number of amides is 1. The molecule has 1 amide bonds. The standard InChI is InChI=1S/C13H18N2O5S/c1-8-4-5-9(21(14,19)20)6-10(8)15-11(16)7-13(2,3)12(17)18/h4-6H,7H2,1-3H3,(H,15,16)(H,17,18)(H2,14,19,20). The van der Waals surface area contributed by atoms with E-state index in [1.54, 1.807) is 6.92 Å². The minimum Gasteiger partial charge on any atom is -0.481 e. The van der Waals surface area contributed by atoms with Crippen molar-refractivity contribution in [1.82, 2.24) is 0 Å². The highest BCUT2D eigenvalue weighted by atomic mass is 32.2. The molecule has 0 bridgehead atoms. The second kappa shape index (κ2) is 5.82. The van der Waals surface area contributed by atoms with Crippen molar-refractivity contribution in [3.8, 4) is 0 Å². The van der Waals surface area contributed by atoms with Crippen LogP contribution in [-0.2, 0) is 19.6 Å². The molecule has 0 aliphatic carbocycles. The van der Waals surface area contributed by atoms with Crippen LogP contribution in [0.25, 0.3) is 0 Å². The lowest BCUT2D eigenvalue weighted by molar-refractivity contribution is -0.148. The maximum atomic E-state index is 11.9. The van der Waals surface area contributed by atoms with Gasteiger partial charge in [-0.2, -0.15) is 0 Å². The van der Waals surface area contributed by atoms with Gasteiger partial charge < -0.3 is 10.4 Å². The first kappa shape index (κ1) is 17.1. The van der Waals surface area contributed by atoms with Crippen molar-refractivity contribution in [2.24, 2.45) is 10.6 Å². The molecule has 1 aromatic rings. The number of carbonyl (C=O) groups excluding carboxylic acids is 1. The van der Waals surface area contributed by atoms with Crippen LogP contribution in [0.3, 0.4) is 0 Å². The summed E-state index contributed by atoms with van der Waals surface area (Å²) in [6.45, 7) is 4.55. The molecule has 0 saturated carbocycles. The summed E-state index contributed by atoms with van der Waals surface area (Å²) >= 11 is 0. The monoisotopic (exact) mass is 314 g/mol. The van der Waals surface area contributed by atoms with E-state index < -0.39 is 27.3 Å². The molecule has 0 atom stereocenters. The number of nitrogens with two attached hydrogens (primary N) is 1. The van der Waals surface area contributed by atoms with Gasteiger partial charge in [-0.3, -0.25) is 9.59 Å². The average Bonchev–Trinajstić information content (AvgIpc) is 2.29. The molecule has 0 aliphatic heterocycles. The van der Waals surface area contributed by atoms with Crippen LogP contribution >= 0.6 is 0 Å². The summed E-state index contributed by atoms with van der Waals surface area (Å²) < 4.78 is 22.6. The van der Waals surface area contributed by atoms with E-state index in [9.17, 15) is 18.0 Å². The van der Waals surface area contributed by atoms with Crippen LogP contribution in [0.1, 0.15) is 25.8 Å². The zero-order valence-corrected chi connectivity index (χ0v) is 12.8. The minimum atomic E-state index is -3.87. The van der Waals surface area contributed by atoms with Gasteiger partial charge in [0.1, 0.15) is 0 Å². The number of nitrogens with one attached hydrogen (secondary N) is 1. The van der Waals surface area contributed by atoms with E-state index in [1.807, 2.05) is 0 Å². The highest BCUT2D eigenvalue weighted by Gasteiger charge is 2.30. The molecule has 116 valence electrons. The van der Waals surface area contributed by atoms with E-state index in [-0.39, 0.29) is 17.0 Å². The SMILES string of the molecule is Cc1ccc(S(N)(=O)=O)cc1NC(=O)CC(C)(C)C(=O)O. The van der Waals surface area contributed by atoms with Crippen LogP contribution in [0, 0.1) is 12.3 Å². The second-order valence-corrected chi connectivity index (χ2v) is 7.00. The number of hydrogen-bond donors (Lipinski definition) is 3. The van der Waals surface area contributed by atoms with Gasteiger partial charge in [-0.15, -0.1) is 0 Å². The molecule has 4 N–H and O–H groups in total. The van der Waals surface area contributed by atoms with Crippen molar-refractivity contribution in [3.05, 3.63) is 23.8 Å². The Morgan fingerprint density at radius 3 is 2.38 bits per heavy atom. The minimum absolute atomic E-state index is 0.124. The maximum absolute atomic E-state index is 11.9. The van der Waals surface area contributed by atoms with Gasteiger partial charge in [-0.1, -0.05) is 6.07 Å². The van der Waals surface area contributed by atoms with Crippen molar-refractivity contribution in [1.29, 1.82) is 0 Å². The number of carboxylic acids is 1. The zero-order chi connectivity index (χ0) is 16.4. The number of aliphatic carboxylic acids is 1. The molecule has 0 unspecified atom stereocenters. The van der Waals surface area contributed by atoms with E-state index in [0.717, 1.165) is 0 Å². The van der Waals surface area contributed by atoms with Crippen LogP contribution in [0.4, 0.5) is 5.69 Å². The lowest BCUT2D eigenvalue weighted by atomic mass is 9.89. The van der Waals surface area contributed by atoms with E-state index in [4.69, 9.17) is 10.2 Å². The molecular formula is C13H18N2O5S. The fourth-order valence-electron chi connectivity index (χ4n) is 1.58. The largest absolute Gasteiger partial charge is 0.481 e. The summed E-state index contributed by atoms with van der Waals surface area (Å²) in [5.41, 5.74) is -0.285. The van der Waals surface area contributed by atoms with Gasteiger partial charge in [0.05, 0.1) is 10.3 Å². The van der Waals surface area contributed by atoms with Gasteiger partial charge in [-0.25, -0.2) is 13.6 Å². The molecule has 0 aromatic heterocycles. The number of rotatable bonds is 5. The molecule has 7 nitrogen and oxygen atoms in total. The number of carboxylic acid groups (broad SMARTS) is 1. The number of sulfonamides is 1. The Morgan fingerprint density at radius 2 is 1.90 bits per heavy atom. The highest BCUT2D eigenvalue weighted by Crippen LogP contribution is 2.23. The number of anilines is 1. The Hall–Kier alpha value is -1.93. The lowest BCUT2D eigenvalue weighted by Gasteiger charge is -2.18. The Bertz CT molecular complexity index is 680. The molecule has 0 radical (unpaired) electrons. The first-order valence-electron chi connectivity index (χ1n) is 6.10. The van der Waals surface area contributed by atoms with Crippen molar-refractivity contribution in [3.63, 3.8) is 0 Å². The molecule has 0 aliphatic rings. The second-order valence-electron chi connectivity index (χ2n) is 5.44. The van der Waals surface area contributed by atoms with E-state index in [1.165, 1.54) is 32.0 Å². The van der Waals surface area contributed by atoms with E-state index >= 15 is 0 Å². The number of hydrogen-bond acceptors (Lipinski definition) is 4. The highest BCUT2D eigenvalue weighted by molar-refractivity contribution is 7.89. The summed E-state index contributed by atoms with van der Waals surface area (Å²) in [5, 5.41) is 16.5. The van der Waals surface area contributed by atoms with E-state index in [0.29, 0.717) is 5.56 Å². The molecule has 21 heavy (non-hydrogen) atoms. The fraction of sp³-hybridized carbons (Fsp3) is 0.385. The predicted molar refractivity (Wildman–Crippen MR) is 77.2 cm³/mol. The molecule has 0 spiro atoms. The van der Waals surface area contributed by atoms with Crippen LogP contribution in [0.15, 0.2) is 23.1 Å². The molecule has 0 saturated heterocycles. The van der Waals surface area contributed by atoms with Gasteiger partial charge in [-0.05, 0) is 38.5 Å². The van der Waals surface area contributed by atoms with Crippen molar-refractivity contribution >= 4 is 27.6 Å². The van der Waals surface area contributed by atoms with Crippen molar-refractivity contribution in [2.75, 3.05) is 5.32 Å². The summed E-state index contributed by atoms with van der Waals surface area (Å²) in [5.74, 6) is -1.61. The predicted octanol–water partition coefficient (Wildman–Crippen LogP) is 1.08. The summed E-state index contributed by atoms with van der Waals surface area (Å²) in [7, 11) is -3.87. The third-order valence-electron chi connectivity index (χ3n) is 2.99. The Labute approximate surface area is 123 Å². The quantitative estimate of drug-likeness (QED) is 0.749. The molecule has 1 rings (SSSR count). The first-order valence-corrected chi connectivity index (χ1v) is 7.65. The Kier molecular flexibility index (Phi) is 4.75. The third-order valence-corrected chi connectivity index (χ3v) is 3.90. The average molecular weight is 314 g/mol. The number of carbonyl (C=O) groups is 2. The Morgan fingerprint density at radius 1 is 1.33 bits per heavy atom. The first-order chi connectivity index (χ1) is 9.43. The van der Waals surface area contributed by atoms with Gasteiger partial charge >= 0.3 is 5.97 Å². The van der Waals surface area contributed by atoms with Crippen LogP contribution in [0.2, 0.25) is 0 Å². The summed E-state index contributed by atoms with van der Waals surface area (Å²) in [4.78, 5) is 22.8. The third kappa shape index (κ3) is 4.54.